The van der Waals surface area contributed by atoms with E-state index in [0.717, 1.165) is 29.5 Å². The molecule has 1 amide bonds. The Morgan fingerprint density at radius 2 is 1.69 bits per heavy atom. The summed E-state index contributed by atoms with van der Waals surface area (Å²) in [5.41, 5.74) is 4.04. The number of sulfonamides is 1. The van der Waals surface area contributed by atoms with E-state index in [-0.39, 0.29) is 28.9 Å². The molecule has 1 aliphatic rings. The summed E-state index contributed by atoms with van der Waals surface area (Å²) in [7, 11) is -3.84. The molecule has 3 aromatic carbocycles. The molecule has 1 unspecified atom stereocenters. The molecule has 0 saturated heterocycles. The number of fused-ring (bicyclic) bond motifs is 1. The molecular weight excluding hydrogens is 512 g/mol. The lowest BCUT2D eigenvalue weighted by Gasteiger charge is -2.18. The first-order valence-electron chi connectivity index (χ1n) is 13.4. The Bertz CT molecular complexity index is 1530. The highest BCUT2D eigenvalue weighted by Gasteiger charge is 2.25. The largest absolute Gasteiger partial charge is 0.460 e. The maximum atomic E-state index is 13.6. The number of hydrogen-bond donors (Lipinski definition) is 2. The van der Waals surface area contributed by atoms with Crippen LogP contribution in [0.3, 0.4) is 0 Å². The summed E-state index contributed by atoms with van der Waals surface area (Å²) in [6.07, 6.45) is 4.79. The van der Waals surface area contributed by atoms with E-state index in [4.69, 9.17) is 4.74 Å². The quantitative estimate of drug-likeness (QED) is 0.208. The minimum absolute atomic E-state index is 0.170. The Morgan fingerprint density at radius 3 is 2.44 bits per heavy atom. The predicted octanol–water partition coefficient (Wildman–Crippen LogP) is 6.20. The van der Waals surface area contributed by atoms with Gasteiger partial charge < -0.3 is 10.1 Å². The third-order valence-electron chi connectivity index (χ3n) is 7.13. The Balaban J connectivity index is 1.54. The van der Waals surface area contributed by atoms with Crippen molar-refractivity contribution in [3.63, 3.8) is 0 Å². The smallest absolute Gasteiger partial charge is 0.330 e. The number of carbonyl (C=O) groups is 2. The summed E-state index contributed by atoms with van der Waals surface area (Å²) in [6, 6.07) is 15.7. The van der Waals surface area contributed by atoms with Gasteiger partial charge >= 0.3 is 5.97 Å². The maximum Gasteiger partial charge on any atom is 0.330 e. The van der Waals surface area contributed by atoms with Crippen molar-refractivity contribution in [2.45, 2.75) is 76.8 Å². The highest BCUT2D eigenvalue weighted by atomic mass is 32.2. The topological polar surface area (TPSA) is 102 Å². The molecule has 0 aliphatic heterocycles. The van der Waals surface area contributed by atoms with Gasteiger partial charge in [-0.1, -0.05) is 42.0 Å². The minimum atomic E-state index is -3.84. The fourth-order valence-electron chi connectivity index (χ4n) is 4.98. The molecule has 7 nitrogen and oxygen atoms in total. The number of esters is 1. The molecule has 3 aromatic rings. The van der Waals surface area contributed by atoms with Gasteiger partial charge in [-0.25, -0.2) is 17.9 Å². The number of anilines is 1. The first kappa shape index (κ1) is 28.5. The number of amides is 1. The Hall–Kier alpha value is -3.49. The number of allylic oxidation sites excluding steroid dienone is 1. The molecule has 1 aliphatic carbocycles. The van der Waals surface area contributed by atoms with E-state index in [9.17, 15) is 18.0 Å². The van der Waals surface area contributed by atoms with Crippen LogP contribution < -0.4 is 10.0 Å². The van der Waals surface area contributed by atoms with Crippen molar-refractivity contribution in [2.75, 3.05) is 5.32 Å². The van der Waals surface area contributed by atoms with Crippen LogP contribution in [0.25, 0.3) is 10.8 Å². The third-order valence-corrected chi connectivity index (χ3v) is 8.71. The van der Waals surface area contributed by atoms with Crippen LogP contribution in [0.1, 0.15) is 67.4 Å². The van der Waals surface area contributed by atoms with Crippen LogP contribution in [0.4, 0.5) is 5.69 Å². The van der Waals surface area contributed by atoms with Gasteiger partial charge in [0.15, 0.2) is 0 Å². The van der Waals surface area contributed by atoms with Crippen LogP contribution in [0.2, 0.25) is 0 Å². The van der Waals surface area contributed by atoms with Crippen LogP contribution in [-0.4, -0.2) is 32.4 Å². The monoisotopic (exact) mass is 548 g/mol. The summed E-state index contributed by atoms with van der Waals surface area (Å²) < 4.78 is 35.2. The van der Waals surface area contributed by atoms with Gasteiger partial charge in [0.2, 0.25) is 10.0 Å². The Kier molecular flexibility index (Phi) is 8.87. The second kappa shape index (κ2) is 12.1. The van der Waals surface area contributed by atoms with E-state index < -0.39 is 10.0 Å². The second-order valence-corrected chi connectivity index (χ2v) is 12.1. The van der Waals surface area contributed by atoms with Crippen LogP contribution in [0.5, 0.6) is 0 Å². The molecular formula is C31H36N2O5S. The van der Waals surface area contributed by atoms with E-state index in [1.807, 2.05) is 52.0 Å². The van der Waals surface area contributed by atoms with Gasteiger partial charge in [-0.2, -0.15) is 0 Å². The fourth-order valence-corrected chi connectivity index (χ4v) is 6.50. The highest BCUT2D eigenvalue weighted by Crippen LogP contribution is 2.31. The molecule has 39 heavy (non-hydrogen) atoms. The summed E-state index contributed by atoms with van der Waals surface area (Å²) in [5, 5.41) is 4.15. The predicted molar refractivity (Wildman–Crippen MR) is 154 cm³/mol. The van der Waals surface area contributed by atoms with Crippen molar-refractivity contribution in [3.05, 3.63) is 82.9 Å². The molecule has 2 N–H and O–H groups in total. The zero-order valence-corrected chi connectivity index (χ0v) is 23.7. The summed E-state index contributed by atoms with van der Waals surface area (Å²) in [6.45, 7) is 7.49. The van der Waals surface area contributed by atoms with E-state index in [1.54, 1.807) is 36.4 Å². The Morgan fingerprint density at radius 1 is 0.949 bits per heavy atom. The van der Waals surface area contributed by atoms with E-state index in [2.05, 4.69) is 10.0 Å². The lowest BCUT2D eigenvalue weighted by Crippen LogP contribution is -2.34. The van der Waals surface area contributed by atoms with E-state index in [0.29, 0.717) is 41.3 Å². The van der Waals surface area contributed by atoms with Gasteiger partial charge in [0.05, 0.1) is 11.0 Å². The normalized spacial score (nSPS) is 17.3. The number of carbonyl (C=O) groups excluding carboxylic acids is 2. The van der Waals surface area contributed by atoms with Gasteiger partial charge in [-0.15, -0.1) is 0 Å². The number of nitrogens with one attached hydrogen (secondary N) is 2. The summed E-state index contributed by atoms with van der Waals surface area (Å²) in [4.78, 5) is 25.3. The standard InChI is InChI=1S/C31H36N2O5S/c1-20(2)38-30(34)19-23-10-8-11-24(16-15-23)33-39(36,37)29-18-17-28(26-12-5-6-13-27(26)29)32-31(35)25-14-7-9-21(3)22(25)4/h5-7,9,12-14,17-20,24,33H,8,10-11,15-16H2,1-4H3,(H,32,35)/b23-19-. The average Bonchev–Trinajstić information content (AvgIpc) is 3.09. The number of hydrogen-bond acceptors (Lipinski definition) is 5. The van der Waals surface area contributed by atoms with Crippen molar-refractivity contribution in [2.24, 2.45) is 0 Å². The van der Waals surface area contributed by atoms with Crippen molar-refractivity contribution < 1.29 is 22.7 Å². The van der Waals surface area contributed by atoms with E-state index in [1.165, 1.54) is 0 Å². The SMILES string of the molecule is Cc1cccc(C(=O)Nc2ccc(S(=O)(=O)NC3CCC/C(=C/C(=O)OC(C)C)CC3)c3ccccc23)c1C. The Labute approximate surface area is 230 Å². The summed E-state index contributed by atoms with van der Waals surface area (Å²) in [5.74, 6) is -0.593. The van der Waals surface area contributed by atoms with Gasteiger partial charge in [-0.3, -0.25) is 4.79 Å². The molecule has 0 spiro atoms. The number of ether oxygens (including phenoxy) is 1. The van der Waals surface area contributed by atoms with Gasteiger partial charge in [-0.05, 0) is 89.1 Å². The molecule has 8 heteroatoms. The summed E-state index contributed by atoms with van der Waals surface area (Å²) >= 11 is 0. The minimum Gasteiger partial charge on any atom is -0.460 e. The number of rotatable bonds is 7. The molecule has 0 aromatic heterocycles. The van der Waals surface area contributed by atoms with Gasteiger partial charge in [0, 0.05) is 34.1 Å². The number of aryl methyl sites for hydroxylation is 1. The molecule has 0 bridgehead atoms. The highest BCUT2D eigenvalue weighted by molar-refractivity contribution is 7.89. The van der Waals surface area contributed by atoms with Crippen molar-refractivity contribution >= 4 is 38.4 Å². The molecule has 1 atom stereocenters. The molecule has 0 heterocycles. The van der Waals surface area contributed by atoms with Crippen LogP contribution in [0.15, 0.2) is 71.1 Å². The number of benzene rings is 3. The van der Waals surface area contributed by atoms with Crippen molar-refractivity contribution in [1.29, 1.82) is 0 Å². The average molecular weight is 549 g/mol. The zero-order valence-electron chi connectivity index (χ0n) is 22.9. The van der Waals surface area contributed by atoms with Gasteiger partial charge in [0.1, 0.15) is 0 Å². The van der Waals surface area contributed by atoms with Crippen molar-refractivity contribution in [1.82, 2.24) is 4.72 Å². The van der Waals surface area contributed by atoms with Gasteiger partial charge in [0.25, 0.3) is 5.91 Å². The van der Waals surface area contributed by atoms with Crippen LogP contribution in [0, 0.1) is 13.8 Å². The lowest BCUT2D eigenvalue weighted by atomic mass is 10.0. The molecule has 206 valence electrons. The van der Waals surface area contributed by atoms with Crippen molar-refractivity contribution in [3.8, 4) is 0 Å². The molecule has 1 fully saturated rings. The third kappa shape index (κ3) is 6.94. The first-order chi connectivity index (χ1) is 18.5. The van der Waals surface area contributed by atoms with E-state index >= 15 is 0 Å². The molecule has 4 rings (SSSR count). The lowest BCUT2D eigenvalue weighted by molar-refractivity contribution is -0.141. The molecule has 0 radical (unpaired) electrons. The fraction of sp³-hybridized carbons (Fsp3) is 0.355. The van der Waals surface area contributed by atoms with Crippen LogP contribution in [-0.2, 0) is 19.6 Å². The zero-order chi connectivity index (χ0) is 28.2. The molecule has 1 saturated carbocycles. The van der Waals surface area contributed by atoms with Crippen LogP contribution >= 0.6 is 0 Å². The first-order valence-corrected chi connectivity index (χ1v) is 14.8. The second-order valence-electron chi connectivity index (χ2n) is 10.4. The maximum absolute atomic E-state index is 13.6.